The van der Waals surface area contributed by atoms with E-state index in [-0.39, 0.29) is 0 Å². The third kappa shape index (κ3) is 1.74. The molecule has 2 nitrogen and oxygen atoms in total. The van der Waals surface area contributed by atoms with E-state index < -0.39 is 0 Å². The monoisotopic (exact) mass is 172 g/mol. The lowest BCUT2D eigenvalue weighted by atomic mass is 10.0. The van der Waals surface area contributed by atoms with Crippen molar-refractivity contribution >= 4 is 19.0 Å². The molecule has 0 aliphatic rings. The summed E-state index contributed by atoms with van der Waals surface area (Å²) in [7, 11) is 5.67. The minimum absolute atomic E-state index is 0.676. The molecule has 0 unspecified atom stereocenters. The molecule has 0 fully saturated rings. The van der Waals surface area contributed by atoms with Crippen LogP contribution in [0.2, 0.25) is 0 Å². The van der Waals surface area contributed by atoms with Gasteiger partial charge in [0.15, 0.2) is 0 Å². The summed E-state index contributed by atoms with van der Waals surface area (Å²) in [6.07, 6.45) is 1.81. The predicted molar refractivity (Wildman–Crippen MR) is 56.7 cm³/mol. The fourth-order valence-corrected chi connectivity index (χ4v) is 1.16. The summed E-state index contributed by atoms with van der Waals surface area (Å²) >= 11 is 0. The van der Waals surface area contributed by atoms with Crippen molar-refractivity contribution in [1.29, 1.82) is 0 Å². The highest BCUT2D eigenvalue weighted by atomic mass is 15.2. The van der Waals surface area contributed by atoms with Gasteiger partial charge in [0.05, 0.1) is 11.7 Å². The number of hydrogen-bond donors (Lipinski definition) is 0. The van der Waals surface area contributed by atoms with Crippen molar-refractivity contribution in [2.75, 3.05) is 0 Å². The molecule has 0 N–H and O–H groups in total. The highest BCUT2D eigenvalue weighted by molar-refractivity contribution is 6.31. The second-order valence-electron chi connectivity index (χ2n) is 2.58. The van der Waals surface area contributed by atoms with Crippen LogP contribution in [0.25, 0.3) is 5.52 Å². The molecule has 3 heteroatoms. The van der Waals surface area contributed by atoms with Crippen LogP contribution in [0.3, 0.4) is 0 Å². The van der Waals surface area contributed by atoms with E-state index in [0.29, 0.717) is 5.59 Å². The summed E-state index contributed by atoms with van der Waals surface area (Å²) in [5.41, 5.74) is 2.90. The van der Waals surface area contributed by atoms with E-state index in [1.54, 1.807) is 4.52 Å². The Bertz CT molecular complexity index is 393. The van der Waals surface area contributed by atoms with Crippen molar-refractivity contribution in [3.8, 4) is 0 Å². The second kappa shape index (κ2) is 4.12. The van der Waals surface area contributed by atoms with Crippen molar-refractivity contribution in [3.63, 3.8) is 0 Å². The Labute approximate surface area is 80.0 Å². The average Bonchev–Trinajstić information content (AvgIpc) is 2.53. The summed E-state index contributed by atoms with van der Waals surface area (Å²) in [5.74, 6) is 0. The van der Waals surface area contributed by atoms with Gasteiger partial charge in [0.1, 0.15) is 7.85 Å². The molecule has 2 aromatic rings. The zero-order chi connectivity index (χ0) is 9.84. The molecule has 0 saturated carbocycles. The Hall–Kier alpha value is -1.25. The van der Waals surface area contributed by atoms with Crippen molar-refractivity contribution < 1.29 is 0 Å². The molecule has 66 valence electrons. The Morgan fingerprint density at radius 3 is 2.62 bits per heavy atom. The average molecular weight is 172 g/mol. The summed E-state index contributed by atoms with van der Waals surface area (Å²) in [6, 6.07) is 5.76. The number of hydrogen-bond acceptors (Lipinski definition) is 1. The third-order valence-corrected chi connectivity index (χ3v) is 1.76. The second-order valence-corrected chi connectivity index (χ2v) is 2.58. The zero-order valence-corrected chi connectivity index (χ0v) is 8.28. The molecule has 2 aromatic heterocycles. The lowest BCUT2D eigenvalue weighted by Crippen LogP contribution is -2.14. The van der Waals surface area contributed by atoms with Gasteiger partial charge < -0.3 is 0 Å². The van der Waals surface area contributed by atoms with Crippen molar-refractivity contribution in [1.82, 2.24) is 9.61 Å². The smallest absolute Gasteiger partial charge is 0.141 e. The van der Waals surface area contributed by atoms with Crippen LogP contribution in [0.15, 0.2) is 24.4 Å². The Morgan fingerprint density at radius 1 is 1.31 bits per heavy atom. The van der Waals surface area contributed by atoms with E-state index in [1.165, 1.54) is 0 Å². The predicted octanol–water partition coefficient (Wildman–Crippen LogP) is 1.46. The first-order chi connectivity index (χ1) is 6.29. The van der Waals surface area contributed by atoms with Gasteiger partial charge in [0, 0.05) is 0 Å². The first-order valence-corrected chi connectivity index (χ1v) is 4.48. The Morgan fingerprint density at radius 2 is 2.00 bits per heavy atom. The highest BCUT2D eigenvalue weighted by Crippen LogP contribution is 2.05. The molecule has 0 spiro atoms. The van der Waals surface area contributed by atoms with E-state index in [9.17, 15) is 0 Å². The minimum Gasteiger partial charge on any atom is -0.248 e. The first-order valence-electron chi connectivity index (χ1n) is 4.48. The molecule has 0 amide bonds. The Kier molecular flexibility index (Phi) is 3.12. The maximum Gasteiger partial charge on any atom is 0.141 e. The fraction of sp³-hybridized carbons (Fsp3) is 0.300. The van der Waals surface area contributed by atoms with Gasteiger partial charge in [-0.2, -0.15) is 5.10 Å². The van der Waals surface area contributed by atoms with Crippen LogP contribution in [-0.4, -0.2) is 17.5 Å². The highest BCUT2D eigenvalue weighted by Gasteiger charge is 1.98. The van der Waals surface area contributed by atoms with Crippen LogP contribution in [-0.2, 0) is 0 Å². The van der Waals surface area contributed by atoms with Crippen LogP contribution in [0.4, 0.5) is 0 Å². The molecule has 0 atom stereocenters. The maximum absolute atomic E-state index is 5.67. The molecule has 0 saturated heterocycles. The van der Waals surface area contributed by atoms with E-state index in [4.69, 9.17) is 7.85 Å². The van der Waals surface area contributed by atoms with Gasteiger partial charge in [-0.25, -0.2) is 4.52 Å². The van der Waals surface area contributed by atoms with Crippen molar-refractivity contribution in [2.45, 2.75) is 20.8 Å². The summed E-state index contributed by atoms with van der Waals surface area (Å²) < 4.78 is 1.73. The topological polar surface area (TPSA) is 17.3 Å². The lowest BCUT2D eigenvalue weighted by molar-refractivity contribution is 0.991. The van der Waals surface area contributed by atoms with Crippen LogP contribution >= 0.6 is 0 Å². The Balaban J connectivity index is 0.000000396. The van der Waals surface area contributed by atoms with E-state index >= 15 is 0 Å². The first kappa shape index (κ1) is 9.84. The molecule has 0 aliphatic carbocycles. The molecule has 2 radical (unpaired) electrons. The number of fused-ring (bicyclic) bond motifs is 1. The van der Waals surface area contributed by atoms with Gasteiger partial charge in [-0.1, -0.05) is 26.0 Å². The van der Waals surface area contributed by atoms with Crippen LogP contribution in [0.1, 0.15) is 19.4 Å². The summed E-state index contributed by atoms with van der Waals surface area (Å²) in [4.78, 5) is 0. The van der Waals surface area contributed by atoms with E-state index in [2.05, 4.69) is 5.10 Å². The lowest BCUT2D eigenvalue weighted by Gasteiger charge is -1.97. The third-order valence-electron chi connectivity index (χ3n) is 1.76. The maximum atomic E-state index is 5.67. The van der Waals surface area contributed by atoms with E-state index in [0.717, 1.165) is 11.1 Å². The summed E-state index contributed by atoms with van der Waals surface area (Å²) in [6.45, 7) is 6.02. The quantitative estimate of drug-likeness (QED) is 0.550. The van der Waals surface area contributed by atoms with Gasteiger partial charge in [-0.05, 0) is 24.1 Å². The van der Waals surface area contributed by atoms with Crippen LogP contribution in [0.5, 0.6) is 0 Å². The van der Waals surface area contributed by atoms with Crippen LogP contribution < -0.4 is 5.59 Å². The van der Waals surface area contributed by atoms with Crippen molar-refractivity contribution in [2.24, 2.45) is 0 Å². The zero-order valence-electron chi connectivity index (χ0n) is 8.28. The number of aryl methyl sites for hydroxylation is 1. The van der Waals surface area contributed by atoms with Crippen LogP contribution in [0, 0.1) is 6.92 Å². The molecule has 2 heterocycles. The molecular formula is C10H13BN2. The van der Waals surface area contributed by atoms with Gasteiger partial charge in [-0.3, -0.25) is 0 Å². The number of nitrogens with zero attached hydrogens (tertiary/aromatic N) is 2. The van der Waals surface area contributed by atoms with E-state index in [1.807, 2.05) is 45.2 Å². The molecule has 2 rings (SSSR count). The van der Waals surface area contributed by atoms with Crippen molar-refractivity contribution in [3.05, 3.63) is 30.0 Å². The summed E-state index contributed by atoms with van der Waals surface area (Å²) in [5, 5.41) is 4.11. The largest absolute Gasteiger partial charge is 0.248 e. The number of aromatic nitrogens is 2. The van der Waals surface area contributed by atoms with Gasteiger partial charge in [-0.15, -0.1) is 0 Å². The SMILES string of the molecule is CC.[B]c1cccc2c(C)cnn12. The standard InChI is InChI=1S/C8H7BN2.C2H6/c1-6-5-10-11-7(6)3-2-4-8(11)9;1-2/h2-5H,1H3;1-2H3. The van der Waals surface area contributed by atoms with Gasteiger partial charge in [0.25, 0.3) is 0 Å². The minimum atomic E-state index is 0.676. The molecule has 13 heavy (non-hydrogen) atoms. The van der Waals surface area contributed by atoms with Gasteiger partial charge in [0.2, 0.25) is 0 Å². The molecule has 0 bridgehead atoms. The fourth-order valence-electron chi connectivity index (χ4n) is 1.16. The number of pyridine rings is 1. The molecular weight excluding hydrogens is 159 g/mol. The normalized spacial score (nSPS) is 9.46. The van der Waals surface area contributed by atoms with Gasteiger partial charge >= 0.3 is 0 Å². The number of rotatable bonds is 0. The molecule has 0 aliphatic heterocycles. The molecule has 0 aromatic carbocycles.